The van der Waals surface area contributed by atoms with Crippen molar-refractivity contribution in [3.8, 4) is 0 Å². The van der Waals surface area contributed by atoms with Crippen molar-refractivity contribution in [2.75, 3.05) is 13.2 Å². The molecule has 0 atom stereocenters. The molecule has 98 valence electrons. The Kier molecular flexibility index (Phi) is 4.21. The van der Waals surface area contributed by atoms with Crippen LogP contribution in [-0.2, 0) is 9.53 Å². The Morgan fingerprint density at radius 1 is 1.24 bits per heavy atom. The molecule has 1 aliphatic heterocycles. The second kappa shape index (κ2) is 5.49. The summed E-state index contributed by atoms with van der Waals surface area (Å²) in [5.74, 6) is 1.37. The zero-order chi connectivity index (χ0) is 12.3. The molecule has 0 unspecified atom stereocenters. The highest BCUT2D eigenvalue weighted by atomic mass is 16.5. The van der Waals surface area contributed by atoms with Crippen molar-refractivity contribution in [1.29, 1.82) is 0 Å². The lowest BCUT2D eigenvalue weighted by molar-refractivity contribution is -0.132. The summed E-state index contributed by atoms with van der Waals surface area (Å²) in [6.07, 6.45) is 7.19. The standard InChI is InChI=1S/C14H25NO2/c1-2-11-3-5-12(6-4-11)13(16)14(15)7-9-17-10-8-14/h11-12H,2-10,15H2,1H3. The Bertz CT molecular complexity index is 263. The molecule has 1 heterocycles. The Morgan fingerprint density at radius 3 is 2.35 bits per heavy atom. The number of hydrogen-bond acceptors (Lipinski definition) is 3. The van der Waals surface area contributed by atoms with Crippen LogP contribution in [0.25, 0.3) is 0 Å². The van der Waals surface area contributed by atoms with Crippen molar-refractivity contribution in [3.05, 3.63) is 0 Å². The summed E-state index contributed by atoms with van der Waals surface area (Å²) in [4.78, 5) is 12.5. The summed E-state index contributed by atoms with van der Waals surface area (Å²) in [6, 6.07) is 0. The van der Waals surface area contributed by atoms with E-state index in [4.69, 9.17) is 10.5 Å². The van der Waals surface area contributed by atoms with Gasteiger partial charge in [-0.25, -0.2) is 0 Å². The molecule has 0 aromatic carbocycles. The summed E-state index contributed by atoms with van der Waals surface area (Å²) >= 11 is 0. The first-order chi connectivity index (χ1) is 8.15. The molecule has 0 radical (unpaired) electrons. The second-order valence-electron chi connectivity index (χ2n) is 5.76. The fourth-order valence-corrected chi connectivity index (χ4v) is 3.22. The highest BCUT2D eigenvalue weighted by Gasteiger charge is 2.40. The van der Waals surface area contributed by atoms with Crippen LogP contribution in [0.4, 0.5) is 0 Å². The third-order valence-corrected chi connectivity index (χ3v) is 4.67. The van der Waals surface area contributed by atoms with E-state index >= 15 is 0 Å². The first kappa shape index (κ1) is 13.0. The van der Waals surface area contributed by atoms with Gasteiger partial charge < -0.3 is 10.5 Å². The number of Topliss-reactive ketones (excluding diaryl/α,β-unsaturated/α-hetero) is 1. The third kappa shape index (κ3) is 2.89. The number of ketones is 1. The van der Waals surface area contributed by atoms with Crippen LogP contribution < -0.4 is 5.73 Å². The predicted octanol–water partition coefficient (Wildman–Crippen LogP) is 2.28. The van der Waals surface area contributed by atoms with E-state index < -0.39 is 5.54 Å². The van der Waals surface area contributed by atoms with Crippen molar-refractivity contribution in [2.45, 2.75) is 57.4 Å². The Morgan fingerprint density at radius 2 is 1.82 bits per heavy atom. The van der Waals surface area contributed by atoms with Crippen LogP contribution in [0.3, 0.4) is 0 Å². The molecule has 1 saturated heterocycles. The zero-order valence-electron chi connectivity index (χ0n) is 10.9. The van der Waals surface area contributed by atoms with Crippen molar-refractivity contribution in [1.82, 2.24) is 0 Å². The van der Waals surface area contributed by atoms with Crippen molar-refractivity contribution in [2.24, 2.45) is 17.6 Å². The van der Waals surface area contributed by atoms with Crippen LogP contribution in [0.15, 0.2) is 0 Å². The SMILES string of the molecule is CCC1CCC(C(=O)C2(N)CCOCC2)CC1. The van der Waals surface area contributed by atoms with Gasteiger partial charge in [0.05, 0.1) is 5.54 Å². The van der Waals surface area contributed by atoms with E-state index in [2.05, 4.69) is 6.92 Å². The Labute approximate surface area is 104 Å². The van der Waals surface area contributed by atoms with Gasteiger partial charge in [0, 0.05) is 19.1 Å². The maximum Gasteiger partial charge on any atom is 0.155 e. The lowest BCUT2D eigenvalue weighted by Crippen LogP contribution is -2.54. The topological polar surface area (TPSA) is 52.3 Å². The number of hydrogen-bond donors (Lipinski definition) is 1. The number of carbonyl (C=O) groups excluding carboxylic acids is 1. The van der Waals surface area contributed by atoms with Gasteiger partial charge in [0.25, 0.3) is 0 Å². The molecular weight excluding hydrogens is 214 g/mol. The first-order valence-electron chi connectivity index (χ1n) is 7.06. The molecule has 0 aromatic rings. The molecule has 1 aliphatic carbocycles. The van der Waals surface area contributed by atoms with Gasteiger partial charge in [0.2, 0.25) is 0 Å². The number of nitrogens with two attached hydrogens (primary N) is 1. The van der Waals surface area contributed by atoms with Gasteiger partial charge >= 0.3 is 0 Å². The first-order valence-corrected chi connectivity index (χ1v) is 7.06. The lowest BCUT2D eigenvalue weighted by atomic mass is 9.72. The molecule has 2 aliphatic rings. The summed E-state index contributed by atoms with van der Waals surface area (Å²) in [6.45, 7) is 3.54. The molecule has 2 fully saturated rings. The Hall–Kier alpha value is -0.410. The minimum atomic E-state index is -0.581. The van der Waals surface area contributed by atoms with E-state index in [9.17, 15) is 4.79 Å². The van der Waals surface area contributed by atoms with E-state index in [0.717, 1.165) is 18.8 Å². The molecule has 3 heteroatoms. The van der Waals surface area contributed by atoms with Crippen molar-refractivity contribution < 1.29 is 9.53 Å². The van der Waals surface area contributed by atoms with Crippen LogP contribution in [-0.4, -0.2) is 24.5 Å². The second-order valence-corrected chi connectivity index (χ2v) is 5.76. The van der Waals surface area contributed by atoms with Gasteiger partial charge in [0.1, 0.15) is 0 Å². The van der Waals surface area contributed by atoms with Gasteiger partial charge in [-0.1, -0.05) is 13.3 Å². The summed E-state index contributed by atoms with van der Waals surface area (Å²) in [5, 5.41) is 0. The fourth-order valence-electron chi connectivity index (χ4n) is 3.22. The fraction of sp³-hybridized carbons (Fsp3) is 0.929. The molecule has 1 saturated carbocycles. The van der Waals surface area contributed by atoms with Crippen LogP contribution >= 0.6 is 0 Å². The largest absolute Gasteiger partial charge is 0.381 e. The minimum Gasteiger partial charge on any atom is -0.381 e. The highest BCUT2D eigenvalue weighted by Crippen LogP contribution is 2.34. The number of carbonyl (C=O) groups is 1. The maximum atomic E-state index is 12.5. The van der Waals surface area contributed by atoms with Crippen LogP contribution in [0.5, 0.6) is 0 Å². The lowest BCUT2D eigenvalue weighted by Gasteiger charge is -2.37. The Balaban J connectivity index is 1.91. The highest BCUT2D eigenvalue weighted by molar-refractivity contribution is 5.90. The van der Waals surface area contributed by atoms with E-state index in [-0.39, 0.29) is 5.92 Å². The van der Waals surface area contributed by atoms with Crippen molar-refractivity contribution in [3.63, 3.8) is 0 Å². The van der Waals surface area contributed by atoms with Crippen LogP contribution in [0.2, 0.25) is 0 Å². The van der Waals surface area contributed by atoms with E-state index in [1.54, 1.807) is 0 Å². The molecule has 3 nitrogen and oxygen atoms in total. The van der Waals surface area contributed by atoms with Gasteiger partial charge in [0.15, 0.2) is 5.78 Å². The molecule has 2 N–H and O–H groups in total. The molecule has 0 bridgehead atoms. The molecular formula is C14H25NO2. The van der Waals surface area contributed by atoms with Gasteiger partial charge in [-0.3, -0.25) is 4.79 Å². The third-order valence-electron chi connectivity index (χ3n) is 4.67. The summed E-state index contributed by atoms with van der Waals surface area (Å²) in [7, 11) is 0. The normalized spacial score (nSPS) is 33.3. The van der Waals surface area contributed by atoms with Crippen LogP contribution in [0.1, 0.15) is 51.9 Å². The minimum absolute atomic E-state index is 0.223. The summed E-state index contributed by atoms with van der Waals surface area (Å²) in [5.41, 5.74) is 5.69. The van der Waals surface area contributed by atoms with Gasteiger partial charge in [-0.15, -0.1) is 0 Å². The summed E-state index contributed by atoms with van der Waals surface area (Å²) < 4.78 is 5.30. The van der Waals surface area contributed by atoms with Crippen LogP contribution in [0, 0.1) is 11.8 Å². The smallest absolute Gasteiger partial charge is 0.155 e. The zero-order valence-corrected chi connectivity index (χ0v) is 10.9. The molecule has 2 rings (SSSR count). The molecule has 17 heavy (non-hydrogen) atoms. The van der Waals surface area contributed by atoms with Gasteiger partial charge in [-0.2, -0.15) is 0 Å². The van der Waals surface area contributed by atoms with Crippen molar-refractivity contribution >= 4 is 5.78 Å². The maximum absolute atomic E-state index is 12.5. The van der Waals surface area contributed by atoms with E-state index in [0.29, 0.717) is 31.8 Å². The van der Waals surface area contributed by atoms with Gasteiger partial charge in [-0.05, 0) is 44.4 Å². The number of ether oxygens (including phenoxy) is 1. The quantitative estimate of drug-likeness (QED) is 0.822. The molecule has 0 spiro atoms. The number of rotatable bonds is 3. The average molecular weight is 239 g/mol. The van der Waals surface area contributed by atoms with E-state index in [1.165, 1.54) is 19.3 Å². The average Bonchev–Trinajstić information content (AvgIpc) is 2.39. The molecule has 0 amide bonds. The molecule has 0 aromatic heterocycles. The van der Waals surface area contributed by atoms with E-state index in [1.807, 2.05) is 0 Å². The predicted molar refractivity (Wildman–Crippen MR) is 67.7 cm³/mol. The monoisotopic (exact) mass is 239 g/mol.